The lowest BCUT2D eigenvalue weighted by atomic mass is 9.71. The summed E-state index contributed by atoms with van der Waals surface area (Å²) in [7, 11) is 0. The molecule has 44 heavy (non-hydrogen) atoms. The Bertz CT molecular complexity index is 1480. The van der Waals surface area contributed by atoms with Crippen LogP contribution in [0.15, 0.2) is 54.6 Å². The summed E-state index contributed by atoms with van der Waals surface area (Å²) in [6.45, 7) is 3.12. The van der Waals surface area contributed by atoms with Gasteiger partial charge in [0.2, 0.25) is 5.91 Å². The highest BCUT2D eigenvalue weighted by atomic mass is 19.4. The number of para-hydroxylation sites is 1. The van der Waals surface area contributed by atoms with Crippen molar-refractivity contribution in [2.45, 2.75) is 75.8 Å². The van der Waals surface area contributed by atoms with Crippen molar-refractivity contribution >= 4 is 28.7 Å². The number of hydroxylamine groups is 1. The molecule has 1 aromatic heterocycles. The van der Waals surface area contributed by atoms with Crippen LogP contribution in [0, 0.1) is 6.92 Å². The maximum absolute atomic E-state index is 13.2. The van der Waals surface area contributed by atoms with Crippen LogP contribution in [0.1, 0.15) is 66.6 Å². The van der Waals surface area contributed by atoms with E-state index in [4.69, 9.17) is 24.6 Å². The lowest BCUT2D eigenvalue weighted by molar-refractivity contribution is -0.192. The first-order chi connectivity index (χ1) is 20.8. The van der Waals surface area contributed by atoms with Crippen LogP contribution >= 0.6 is 0 Å². The Labute approximate surface area is 251 Å². The van der Waals surface area contributed by atoms with Gasteiger partial charge in [-0.25, -0.2) is 10.3 Å². The zero-order chi connectivity index (χ0) is 32.0. The second kappa shape index (κ2) is 13.6. The number of nitrogens with one attached hydrogen (secondary N) is 2. The fraction of sp³-hybridized carbons (Fsp3) is 0.419. The normalized spacial score (nSPS) is 21.3. The van der Waals surface area contributed by atoms with Crippen LogP contribution in [0.4, 0.5) is 13.2 Å². The standard InChI is InChI=1S/C29H33N3O5.C2HF3O2/c1-20-17-22(24-5-2-3-6-25(24)30-20)19-36-23-9-7-21(8-10-23)27(34)31-28(18-26(33)32-35)12-14-29(15-13-28)11-4-16-37-29;3-2(4,5)1(6)7/h2-3,5-10,17,35H,4,11-16,18-19H2,1H3,(H,31,34)(H,32,33);(H,6,7)/t28-,29+;. The molecule has 1 saturated heterocycles. The van der Waals surface area contributed by atoms with Gasteiger partial charge in [-0.15, -0.1) is 0 Å². The Morgan fingerprint density at radius 3 is 2.27 bits per heavy atom. The number of carboxylic acid groups (broad SMARTS) is 1. The molecule has 2 aliphatic rings. The van der Waals surface area contributed by atoms with Crippen LogP contribution < -0.4 is 15.5 Å². The Morgan fingerprint density at radius 1 is 1.02 bits per heavy atom. The Morgan fingerprint density at radius 2 is 1.68 bits per heavy atom. The number of alkyl halides is 3. The number of carboxylic acids is 1. The number of carbonyl (C=O) groups is 3. The predicted molar refractivity (Wildman–Crippen MR) is 152 cm³/mol. The van der Waals surface area contributed by atoms with E-state index in [9.17, 15) is 22.8 Å². The van der Waals surface area contributed by atoms with E-state index in [0.29, 0.717) is 30.8 Å². The number of carbonyl (C=O) groups excluding carboxylic acids is 2. The molecule has 2 amide bonds. The summed E-state index contributed by atoms with van der Waals surface area (Å²) in [5.74, 6) is -2.86. The minimum atomic E-state index is -5.08. The molecule has 4 N–H and O–H groups in total. The molecule has 1 aliphatic heterocycles. The molecule has 13 heteroatoms. The Hall–Kier alpha value is -4.23. The summed E-state index contributed by atoms with van der Waals surface area (Å²) in [4.78, 5) is 38.7. The number of fused-ring (bicyclic) bond motifs is 1. The van der Waals surface area contributed by atoms with Crippen molar-refractivity contribution in [1.29, 1.82) is 0 Å². The first kappa shape index (κ1) is 32.7. The molecule has 5 rings (SSSR count). The molecule has 236 valence electrons. The monoisotopic (exact) mass is 617 g/mol. The van der Waals surface area contributed by atoms with Crippen molar-refractivity contribution in [1.82, 2.24) is 15.8 Å². The highest BCUT2D eigenvalue weighted by Gasteiger charge is 2.46. The summed E-state index contributed by atoms with van der Waals surface area (Å²) < 4.78 is 43.8. The van der Waals surface area contributed by atoms with Crippen LogP contribution in [0.2, 0.25) is 0 Å². The van der Waals surface area contributed by atoms with E-state index in [0.717, 1.165) is 54.5 Å². The number of rotatable bonds is 7. The number of hydrogen-bond donors (Lipinski definition) is 4. The lowest BCUT2D eigenvalue weighted by Crippen LogP contribution is -2.55. The summed E-state index contributed by atoms with van der Waals surface area (Å²) >= 11 is 0. The van der Waals surface area contributed by atoms with Crippen LogP contribution in [0.3, 0.4) is 0 Å². The molecule has 0 radical (unpaired) electrons. The summed E-state index contributed by atoms with van der Waals surface area (Å²) in [5.41, 5.74) is 4.26. The third-order valence-electron chi connectivity index (χ3n) is 7.99. The van der Waals surface area contributed by atoms with Gasteiger partial charge in [-0.05, 0) is 81.8 Å². The van der Waals surface area contributed by atoms with Gasteiger partial charge in [-0.3, -0.25) is 19.8 Å². The molecular weight excluding hydrogens is 583 g/mol. The van der Waals surface area contributed by atoms with Gasteiger partial charge in [-0.1, -0.05) is 18.2 Å². The zero-order valence-electron chi connectivity index (χ0n) is 24.1. The van der Waals surface area contributed by atoms with Crippen molar-refractivity contribution in [3.63, 3.8) is 0 Å². The fourth-order valence-corrected chi connectivity index (χ4v) is 5.72. The largest absolute Gasteiger partial charge is 0.490 e. The molecule has 3 aromatic rings. The molecule has 0 bridgehead atoms. The highest BCUT2D eigenvalue weighted by molar-refractivity contribution is 5.95. The molecule has 2 aromatic carbocycles. The number of aryl methyl sites for hydroxylation is 1. The van der Waals surface area contributed by atoms with Gasteiger partial charge in [0.1, 0.15) is 12.4 Å². The first-order valence-electron chi connectivity index (χ1n) is 14.1. The van der Waals surface area contributed by atoms with Gasteiger partial charge >= 0.3 is 12.1 Å². The highest BCUT2D eigenvalue weighted by Crippen LogP contribution is 2.44. The number of benzene rings is 2. The summed E-state index contributed by atoms with van der Waals surface area (Å²) in [5, 5.41) is 20.4. The topological polar surface area (TPSA) is 147 Å². The Kier molecular flexibility index (Phi) is 10.1. The number of nitrogens with zero attached hydrogens (tertiary/aromatic N) is 1. The predicted octanol–water partition coefficient (Wildman–Crippen LogP) is 5.24. The number of ether oxygens (including phenoxy) is 2. The molecule has 0 atom stereocenters. The van der Waals surface area contributed by atoms with Crippen LogP contribution in [0.5, 0.6) is 5.75 Å². The van der Waals surface area contributed by atoms with Crippen LogP contribution in [-0.4, -0.2) is 57.0 Å². The Balaban J connectivity index is 0.000000566. The molecule has 1 aliphatic carbocycles. The van der Waals surface area contributed by atoms with Crippen LogP contribution in [-0.2, 0) is 20.9 Å². The quantitative estimate of drug-likeness (QED) is 0.208. The average molecular weight is 618 g/mol. The van der Waals surface area contributed by atoms with Gasteiger partial charge in [0.15, 0.2) is 0 Å². The van der Waals surface area contributed by atoms with E-state index in [2.05, 4.69) is 10.3 Å². The van der Waals surface area contributed by atoms with Crippen LogP contribution in [0.25, 0.3) is 10.9 Å². The SMILES string of the molecule is Cc1cc(COc2ccc(C(=O)N[C@]3(CC(=O)NO)CC[C@@]4(CCCO4)CC3)cc2)c2ccccc2n1.O=C(O)C(F)(F)F. The number of aromatic nitrogens is 1. The van der Waals surface area contributed by atoms with E-state index < -0.39 is 23.6 Å². The second-order valence-electron chi connectivity index (χ2n) is 11.1. The smallest absolute Gasteiger partial charge is 0.489 e. The maximum atomic E-state index is 13.2. The van der Waals surface area contributed by atoms with Gasteiger partial charge < -0.3 is 19.9 Å². The first-order valence-corrected chi connectivity index (χ1v) is 14.1. The average Bonchev–Trinajstić information content (AvgIpc) is 3.46. The van der Waals surface area contributed by atoms with E-state index in [1.165, 1.54) is 0 Å². The number of halogens is 3. The van der Waals surface area contributed by atoms with Crippen molar-refractivity contribution in [2.75, 3.05) is 6.61 Å². The number of aliphatic carboxylic acids is 1. The molecule has 10 nitrogen and oxygen atoms in total. The zero-order valence-corrected chi connectivity index (χ0v) is 24.1. The van der Waals surface area contributed by atoms with Crippen molar-refractivity contribution in [3.8, 4) is 5.75 Å². The second-order valence-corrected chi connectivity index (χ2v) is 11.1. The van der Waals surface area contributed by atoms with E-state index in [1.807, 2.05) is 37.3 Å². The number of hydrogen-bond acceptors (Lipinski definition) is 7. The third kappa shape index (κ3) is 8.23. The van der Waals surface area contributed by atoms with Crippen molar-refractivity contribution in [2.24, 2.45) is 0 Å². The van der Waals surface area contributed by atoms with E-state index in [-0.39, 0.29) is 17.9 Å². The summed E-state index contributed by atoms with van der Waals surface area (Å²) in [6.07, 6.45) is -0.212. The van der Waals surface area contributed by atoms with Gasteiger partial charge in [0.05, 0.1) is 17.5 Å². The van der Waals surface area contributed by atoms with E-state index >= 15 is 0 Å². The number of pyridine rings is 1. The molecule has 2 heterocycles. The number of amides is 2. The van der Waals surface area contributed by atoms with E-state index in [1.54, 1.807) is 29.7 Å². The molecule has 1 spiro atoms. The summed E-state index contributed by atoms with van der Waals surface area (Å²) in [6, 6.07) is 17.0. The van der Waals surface area contributed by atoms with Crippen molar-refractivity contribution in [3.05, 3.63) is 71.4 Å². The third-order valence-corrected chi connectivity index (χ3v) is 7.99. The maximum Gasteiger partial charge on any atom is 0.490 e. The van der Waals surface area contributed by atoms with Crippen molar-refractivity contribution < 1.29 is 47.3 Å². The lowest BCUT2D eigenvalue weighted by Gasteiger charge is -2.44. The fourth-order valence-electron chi connectivity index (χ4n) is 5.72. The molecular formula is C31H34F3N3O7. The minimum absolute atomic E-state index is 0.0197. The molecule has 1 saturated carbocycles. The molecule has 0 unspecified atom stereocenters. The minimum Gasteiger partial charge on any atom is -0.489 e. The molecule has 2 fully saturated rings. The van der Waals surface area contributed by atoms with Gasteiger partial charge in [-0.2, -0.15) is 13.2 Å². The van der Waals surface area contributed by atoms with Gasteiger partial charge in [0.25, 0.3) is 5.91 Å². The van der Waals surface area contributed by atoms with Gasteiger partial charge in [0, 0.05) is 34.4 Å².